The molecule has 1 nitrogen and oxygen atoms in total. The molecule has 0 saturated carbocycles. The summed E-state index contributed by atoms with van der Waals surface area (Å²) in [6.45, 7) is 9.17. The number of rotatable bonds is 8. The molecule has 0 amide bonds. The van der Waals surface area contributed by atoms with Gasteiger partial charge in [0.25, 0.3) is 0 Å². The molecule has 0 aromatic carbocycles. The van der Waals surface area contributed by atoms with Gasteiger partial charge in [0.2, 0.25) is 0 Å². The summed E-state index contributed by atoms with van der Waals surface area (Å²) in [7, 11) is 0. The molecule has 0 saturated heterocycles. The molecule has 0 aliphatic heterocycles. The second-order valence-electron chi connectivity index (χ2n) is 3.53. The molecule has 0 rings (SSSR count). The monoisotopic (exact) mass is 203 g/mol. The Hall–Kier alpha value is 0.310. The van der Waals surface area contributed by atoms with Crippen molar-refractivity contribution in [2.24, 2.45) is 0 Å². The van der Waals surface area contributed by atoms with E-state index in [1.807, 2.05) is 0 Å². The van der Waals surface area contributed by atoms with E-state index in [0.717, 1.165) is 11.8 Å². The van der Waals surface area contributed by atoms with Gasteiger partial charge >= 0.3 is 0 Å². The second kappa shape index (κ2) is 8.89. The van der Waals surface area contributed by atoms with Crippen LogP contribution in [0.25, 0.3) is 0 Å². The fraction of sp³-hybridized carbons (Fsp3) is 1.00. The maximum atomic E-state index is 4.27. The van der Waals surface area contributed by atoms with Gasteiger partial charge in [0.05, 0.1) is 0 Å². The zero-order valence-electron chi connectivity index (χ0n) is 9.42. The van der Waals surface area contributed by atoms with E-state index in [-0.39, 0.29) is 0 Å². The molecule has 1 atom stereocenters. The molecule has 0 fully saturated rings. The topological polar surface area (TPSA) is 3.24 Å². The third-order valence-electron chi connectivity index (χ3n) is 2.65. The first-order valence-corrected chi connectivity index (χ1v) is 6.28. The van der Waals surface area contributed by atoms with Crippen LogP contribution in [0.2, 0.25) is 0 Å². The van der Waals surface area contributed by atoms with Gasteiger partial charge in [-0.3, -0.25) is 0 Å². The average Bonchev–Trinajstić information content (AvgIpc) is 2.16. The third kappa shape index (κ3) is 5.58. The Balaban J connectivity index is 3.88. The number of nitrogens with zero attached hydrogens (tertiary/aromatic N) is 1. The SMILES string of the molecule is CCCC(CCCS)N(CC)CC. The van der Waals surface area contributed by atoms with E-state index in [1.54, 1.807) is 0 Å². The van der Waals surface area contributed by atoms with Crippen LogP contribution < -0.4 is 0 Å². The zero-order chi connectivity index (χ0) is 10.1. The second-order valence-corrected chi connectivity index (χ2v) is 3.98. The summed E-state index contributed by atoms with van der Waals surface area (Å²) in [4.78, 5) is 2.58. The summed E-state index contributed by atoms with van der Waals surface area (Å²) >= 11 is 4.27. The molecule has 0 radical (unpaired) electrons. The van der Waals surface area contributed by atoms with Crippen LogP contribution in [0.5, 0.6) is 0 Å². The van der Waals surface area contributed by atoms with Gasteiger partial charge in [-0.05, 0) is 38.1 Å². The summed E-state index contributed by atoms with van der Waals surface area (Å²) < 4.78 is 0. The predicted octanol–water partition coefficient (Wildman–Crippen LogP) is 3.21. The van der Waals surface area contributed by atoms with Gasteiger partial charge in [0.1, 0.15) is 0 Å². The molecule has 0 aromatic rings. The van der Waals surface area contributed by atoms with Gasteiger partial charge < -0.3 is 4.90 Å². The van der Waals surface area contributed by atoms with E-state index in [0.29, 0.717) is 0 Å². The number of hydrogen-bond donors (Lipinski definition) is 1. The third-order valence-corrected chi connectivity index (χ3v) is 2.96. The van der Waals surface area contributed by atoms with E-state index in [1.165, 1.54) is 38.8 Å². The molecular formula is C11H25NS. The molecule has 0 aliphatic carbocycles. The maximum absolute atomic E-state index is 4.27. The quantitative estimate of drug-likeness (QED) is 0.593. The lowest BCUT2D eigenvalue weighted by molar-refractivity contribution is 0.194. The summed E-state index contributed by atoms with van der Waals surface area (Å²) in [5, 5.41) is 0. The Morgan fingerprint density at radius 2 is 1.69 bits per heavy atom. The highest BCUT2D eigenvalue weighted by molar-refractivity contribution is 7.80. The lowest BCUT2D eigenvalue weighted by atomic mass is 10.1. The van der Waals surface area contributed by atoms with E-state index in [9.17, 15) is 0 Å². The van der Waals surface area contributed by atoms with Crippen LogP contribution >= 0.6 is 12.6 Å². The van der Waals surface area contributed by atoms with Crippen LogP contribution in [0.4, 0.5) is 0 Å². The van der Waals surface area contributed by atoms with Gasteiger partial charge in [-0.2, -0.15) is 12.6 Å². The van der Waals surface area contributed by atoms with Crippen molar-refractivity contribution in [1.82, 2.24) is 4.90 Å². The highest BCUT2D eigenvalue weighted by Crippen LogP contribution is 2.13. The largest absolute Gasteiger partial charge is 0.301 e. The molecule has 0 aliphatic rings. The molecule has 0 aromatic heterocycles. The zero-order valence-corrected chi connectivity index (χ0v) is 10.3. The van der Waals surface area contributed by atoms with E-state index in [2.05, 4.69) is 38.3 Å². The van der Waals surface area contributed by atoms with Crippen LogP contribution in [0, 0.1) is 0 Å². The van der Waals surface area contributed by atoms with Crippen LogP contribution in [0.3, 0.4) is 0 Å². The highest BCUT2D eigenvalue weighted by Gasteiger charge is 2.13. The summed E-state index contributed by atoms with van der Waals surface area (Å²) in [5.41, 5.74) is 0. The first-order chi connectivity index (χ1) is 6.29. The van der Waals surface area contributed by atoms with Crippen LogP contribution in [-0.4, -0.2) is 29.8 Å². The molecule has 13 heavy (non-hydrogen) atoms. The minimum atomic E-state index is 0.798. The standard InChI is InChI=1S/C11H25NS/c1-4-8-11(9-7-10-13)12(5-2)6-3/h11,13H,4-10H2,1-3H3. The van der Waals surface area contributed by atoms with Gasteiger partial charge in [0.15, 0.2) is 0 Å². The van der Waals surface area contributed by atoms with E-state index >= 15 is 0 Å². The van der Waals surface area contributed by atoms with Gasteiger partial charge in [-0.25, -0.2) is 0 Å². The Morgan fingerprint density at radius 3 is 2.08 bits per heavy atom. The summed E-state index contributed by atoms with van der Waals surface area (Å²) in [6, 6.07) is 0.798. The Bertz CT molecular complexity index is 102. The van der Waals surface area contributed by atoms with E-state index in [4.69, 9.17) is 0 Å². The van der Waals surface area contributed by atoms with Gasteiger partial charge in [-0.1, -0.05) is 27.2 Å². The minimum Gasteiger partial charge on any atom is -0.301 e. The predicted molar refractivity (Wildman–Crippen MR) is 64.7 cm³/mol. The number of hydrogen-bond acceptors (Lipinski definition) is 2. The van der Waals surface area contributed by atoms with Crippen molar-refractivity contribution < 1.29 is 0 Å². The van der Waals surface area contributed by atoms with Crippen molar-refractivity contribution >= 4 is 12.6 Å². The van der Waals surface area contributed by atoms with Crippen LogP contribution in [0.15, 0.2) is 0 Å². The fourth-order valence-electron chi connectivity index (χ4n) is 1.91. The van der Waals surface area contributed by atoms with Crippen molar-refractivity contribution in [2.45, 2.75) is 52.5 Å². The molecule has 2 heteroatoms. The Kier molecular flexibility index (Phi) is 9.10. The highest BCUT2D eigenvalue weighted by atomic mass is 32.1. The van der Waals surface area contributed by atoms with Crippen LogP contribution in [0.1, 0.15) is 46.5 Å². The Morgan fingerprint density at radius 1 is 1.08 bits per heavy atom. The van der Waals surface area contributed by atoms with Crippen molar-refractivity contribution in [2.75, 3.05) is 18.8 Å². The van der Waals surface area contributed by atoms with Crippen molar-refractivity contribution in [3.8, 4) is 0 Å². The van der Waals surface area contributed by atoms with Crippen molar-refractivity contribution in [3.05, 3.63) is 0 Å². The van der Waals surface area contributed by atoms with Crippen LogP contribution in [-0.2, 0) is 0 Å². The molecule has 0 spiro atoms. The lowest BCUT2D eigenvalue weighted by Crippen LogP contribution is -2.35. The molecule has 0 N–H and O–H groups in total. The average molecular weight is 203 g/mol. The smallest absolute Gasteiger partial charge is 0.00952 e. The summed E-state index contributed by atoms with van der Waals surface area (Å²) in [5.74, 6) is 1.03. The molecule has 1 unspecified atom stereocenters. The lowest BCUT2D eigenvalue weighted by Gasteiger charge is -2.29. The van der Waals surface area contributed by atoms with Crippen molar-refractivity contribution in [1.29, 1.82) is 0 Å². The van der Waals surface area contributed by atoms with Gasteiger partial charge in [0, 0.05) is 6.04 Å². The molecule has 0 heterocycles. The van der Waals surface area contributed by atoms with Gasteiger partial charge in [-0.15, -0.1) is 0 Å². The first kappa shape index (κ1) is 13.3. The molecule has 80 valence electrons. The molecular weight excluding hydrogens is 178 g/mol. The Labute approximate surface area is 89.3 Å². The first-order valence-electron chi connectivity index (χ1n) is 5.64. The molecule has 0 bridgehead atoms. The normalized spacial score (nSPS) is 13.6. The maximum Gasteiger partial charge on any atom is 0.00952 e. The van der Waals surface area contributed by atoms with Crippen molar-refractivity contribution in [3.63, 3.8) is 0 Å². The number of thiol groups is 1. The van der Waals surface area contributed by atoms with E-state index < -0.39 is 0 Å². The fourth-order valence-corrected chi connectivity index (χ4v) is 2.09. The summed E-state index contributed by atoms with van der Waals surface area (Å²) in [6.07, 6.45) is 5.21. The minimum absolute atomic E-state index is 0.798.